The van der Waals surface area contributed by atoms with Crippen molar-refractivity contribution in [3.63, 3.8) is 0 Å². The molecule has 0 spiro atoms. The lowest BCUT2D eigenvalue weighted by Gasteiger charge is -2.17. The molecule has 0 aliphatic heterocycles. The van der Waals surface area contributed by atoms with Gasteiger partial charge in [0.05, 0.1) is 0 Å². The molecule has 0 aliphatic rings. The number of aromatic nitrogens is 1. The quantitative estimate of drug-likeness (QED) is 0.781. The Labute approximate surface area is 130 Å². The van der Waals surface area contributed by atoms with Crippen LogP contribution in [0.2, 0.25) is 5.02 Å². The average molecular weight is 307 g/mol. The zero-order chi connectivity index (χ0) is 14.2. The Hall–Kier alpha value is -1.03. The summed E-state index contributed by atoms with van der Waals surface area (Å²) >= 11 is 7.76. The topological polar surface area (TPSA) is 24.9 Å². The fourth-order valence-corrected chi connectivity index (χ4v) is 3.09. The van der Waals surface area contributed by atoms with Crippen LogP contribution in [-0.4, -0.2) is 23.3 Å². The Morgan fingerprint density at radius 3 is 2.50 bits per heavy atom. The number of hydrogen-bond donors (Lipinski definition) is 1. The van der Waals surface area contributed by atoms with Crippen molar-refractivity contribution in [2.45, 2.75) is 24.3 Å². The number of hydrogen-bond acceptors (Lipinski definition) is 3. The number of pyridine rings is 1. The van der Waals surface area contributed by atoms with Crippen LogP contribution in [0.25, 0.3) is 0 Å². The van der Waals surface area contributed by atoms with Crippen LogP contribution in [0.3, 0.4) is 0 Å². The van der Waals surface area contributed by atoms with Crippen molar-refractivity contribution in [1.82, 2.24) is 10.3 Å². The Morgan fingerprint density at radius 2 is 1.85 bits per heavy atom. The van der Waals surface area contributed by atoms with Crippen molar-refractivity contribution in [3.8, 4) is 0 Å². The molecule has 4 heteroatoms. The van der Waals surface area contributed by atoms with E-state index in [1.54, 1.807) is 0 Å². The van der Waals surface area contributed by atoms with Crippen molar-refractivity contribution >= 4 is 23.4 Å². The number of rotatable bonds is 7. The van der Waals surface area contributed by atoms with E-state index in [0.29, 0.717) is 6.04 Å². The summed E-state index contributed by atoms with van der Waals surface area (Å²) in [6.07, 6.45) is 4.73. The van der Waals surface area contributed by atoms with Gasteiger partial charge in [0.1, 0.15) is 0 Å². The van der Waals surface area contributed by atoms with Gasteiger partial charge in [0.2, 0.25) is 0 Å². The maximum atomic E-state index is 5.90. The first-order valence-electron chi connectivity index (χ1n) is 6.78. The molecule has 1 unspecified atom stereocenters. The van der Waals surface area contributed by atoms with E-state index in [1.807, 2.05) is 36.3 Å². The molecule has 1 N–H and O–H groups in total. The maximum absolute atomic E-state index is 5.90. The lowest BCUT2D eigenvalue weighted by molar-refractivity contribution is 0.572. The molecular weight excluding hydrogens is 288 g/mol. The SMILES string of the molecule is CCNC(CSc1ccc(Cl)cc1)Cc1ccncc1. The van der Waals surface area contributed by atoms with Crippen LogP contribution in [-0.2, 0) is 6.42 Å². The summed E-state index contributed by atoms with van der Waals surface area (Å²) < 4.78 is 0. The van der Waals surface area contributed by atoms with Crippen LogP contribution in [0.1, 0.15) is 12.5 Å². The number of benzene rings is 1. The minimum Gasteiger partial charge on any atom is -0.313 e. The second-order valence-corrected chi connectivity index (χ2v) is 6.11. The Kier molecular flexibility index (Phi) is 6.37. The molecule has 1 atom stereocenters. The average Bonchev–Trinajstić information content (AvgIpc) is 2.48. The van der Waals surface area contributed by atoms with Crippen LogP contribution >= 0.6 is 23.4 Å². The zero-order valence-corrected chi connectivity index (χ0v) is 13.1. The first-order chi connectivity index (χ1) is 9.78. The monoisotopic (exact) mass is 306 g/mol. The van der Waals surface area contributed by atoms with Crippen molar-refractivity contribution in [3.05, 3.63) is 59.4 Å². The summed E-state index contributed by atoms with van der Waals surface area (Å²) in [6, 6.07) is 12.6. The molecule has 0 fully saturated rings. The molecule has 1 aromatic heterocycles. The molecule has 0 aliphatic carbocycles. The fraction of sp³-hybridized carbons (Fsp3) is 0.312. The van der Waals surface area contributed by atoms with E-state index in [4.69, 9.17) is 11.6 Å². The minimum absolute atomic E-state index is 0.461. The minimum atomic E-state index is 0.461. The Balaban J connectivity index is 1.90. The van der Waals surface area contributed by atoms with Gasteiger partial charge in [-0.2, -0.15) is 0 Å². The van der Waals surface area contributed by atoms with Gasteiger partial charge >= 0.3 is 0 Å². The van der Waals surface area contributed by atoms with Crippen molar-refractivity contribution in [2.24, 2.45) is 0 Å². The predicted octanol–water partition coefficient (Wildman–Crippen LogP) is 4.05. The van der Waals surface area contributed by atoms with Crippen LogP contribution in [0.5, 0.6) is 0 Å². The second-order valence-electron chi connectivity index (χ2n) is 4.58. The molecule has 0 bridgehead atoms. The van der Waals surface area contributed by atoms with Crippen LogP contribution in [0.4, 0.5) is 0 Å². The van der Waals surface area contributed by atoms with Crippen molar-refractivity contribution in [2.75, 3.05) is 12.3 Å². The first kappa shape index (κ1) is 15.4. The third-order valence-electron chi connectivity index (χ3n) is 2.99. The largest absolute Gasteiger partial charge is 0.313 e. The molecule has 20 heavy (non-hydrogen) atoms. The van der Waals surface area contributed by atoms with Gasteiger partial charge in [-0.05, 0) is 54.9 Å². The zero-order valence-electron chi connectivity index (χ0n) is 11.6. The van der Waals surface area contributed by atoms with E-state index in [9.17, 15) is 0 Å². The van der Waals surface area contributed by atoms with E-state index in [0.717, 1.165) is 23.7 Å². The summed E-state index contributed by atoms with van der Waals surface area (Å²) in [6.45, 7) is 3.13. The number of halogens is 1. The van der Waals surface area contributed by atoms with Crippen molar-refractivity contribution in [1.29, 1.82) is 0 Å². The number of nitrogens with zero attached hydrogens (tertiary/aromatic N) is 1. The molecule has 1 aromatic carbocycles. The molecule has 0 radical (unpaired) electrons. The van der Waals surface area contributed by atoms with Crippen LogP contribution in [0, 0.1) is 0 Å². The maximum Gasteiger partial charge on any atom is 0.0406 e. The molecule has 106 valence electrons. The number of nitrogens with one attached hydrogen (secondary N) is 1. The highest BCUT2D eigenvalue weighted by molar-refractivity contribution is 7.99. The normalized spacial score (nSPS) is 12.3. The van der Waals surface area contributed by atoms with Crippen LogP contribution in [0.15, 0.2) is 53.7 Å². The molecule has 0 amide bonds. The number of likely N-dealkylation sites (N-methyl/N-ethyl adjacent to an activating group) is 1. The van der Waals surface area contributed by atoms with Gasteiger partial charge in [-0.1, -0.05) is 18.5 Å². The van der Waals surface area contributed by atoms with Crippen molar-refractivity contribution < 1.29 is 0 Å². The van der Waals surface area contributed by atoms with Crippen LogP contribution < -0.4 is 5.32 Å². The lowest BCUT2D eigenvalue weighted by Crippen LogP contribution is -2.33. The summed E-state index contributed by atoms with van der Waals surface area (Å²) in [5.74, 6) is 1.04. The predicted molar refractivity (Wildman–Crippen MR) is 87.6 cm³/mol. The molecular formula is C16H19ClN2S. The van der Waals surface area contributed by atoms with Gasteiger partial charge in [-0.15, -0.1) is 11.8 Å². The smallest absolute Gasteiger partial charge is 0.0406 e. The standard InChI is InChI=1S/C16H19ClN2S/c1-2-19-15(11-13-7-9-18-10-8-13)12-20-16-5-3-14(17)4-6-16/h3-10,15,19H,2,11-12H2,1H3. The molecule has 0 saturated carbocycles. The third-order valence-corrected chi connectivity index (χ3v) is 4.42. The molecule has 0 saturated heterocycles. The van der Waals surface area contributed by atoms with E-state index >= 15 is 0 Å². The van der Waals surface area contributed by atoms with Gasteiger partial charge < -0.3 is 5.32 Å². The summed E-state index contributed by atoms with van der Waals surface area (Å²) in [7, 11) is 0. The number of thioether (sulfide) groups is 1. The molecule has 2 rings (SSSR count). The summed E-state index contributed by atoms with van der Waals surface area (Å²) in [4.78, 5) is 5.32. The second kappa shape index (κ2) is 8.30. The van der Waals surface area contributed by atoms with Gasteiger partial charge in [0.15, 0.2) is 0 Å². The highest BCUT2D eigenvalue weighted by Crippen LogP contribution is 2.21. The van der Waals surface area contributed by atoms with Gasteiger partial charge in [0, 0.05) is 34.1 Å². The molecule has 1 heterocycles. The highest BCUT2D eigenvalue weighted by Gasteiger charge is 2.09. The third kappa shape index (κ3) is 5.16. The van der Waals surface area contributed by atoms with Gasteiger partial charge in [0.25, 0.3) is 0 Å². The first-order valence-corrected chi connectivity index (χ1v) is 8.15. The highest BCUT2D eigenvalue weighted by atomic mass is 35.5. The summed E-state index contributed by atoms with van der Waals surface area (Å²) in [5, 5.41) is 4.33. The lowest BCUT2D eigenvalue weighted by atomic mass is 10.1. The summed E-state index contributed by atoms with van der Waals surface area (Å²) in [5.41, 5.74) is 1.32. The van der Waals surface area contributed by atoms with E-state index in [2.05, 4.69) is 41.5 Å². The van der Waals surface area contributed by atoms with E-state index in [-0.39, 0.29) is 0 Å². The van der Waals surface area contributed by atoms with E-state index < -0.39 is 0 Å². The molecule has 2 aromatic rings. The Bertz CT molecular complexity index is 502. The Morgan fingerprint density at radius 1 is 1.15 bits per heavy atom. The van der Waals surface area contributed by atoms with Gasteiger partial charge in [-0.25, -0.2) is 0 Å². The molecule has 2 nitrogen and oxygen atoms in total. The fourth-order valence-electron chi connectivity index (χ4n) is 2.01. The van der Waals surface area contributed by atoms with Gasteiger partial charge in [-0.3, -0.25) is 4.98 Å². The van der Waals surface area contributed by atoms with E-state index in [1.165, 1.54) is 10.5 Å².